The Morgan fingerprint density at radius 2 is 1.63 bits per heavy atom. The summed E-state index contributed by atoms with van der Waals surface area (Å²) >= 11 is 0. The molecule has 1 N–H and O–H groups in total. The molecule has 0 fully saturated rings. The molecule has 0 saturated carbocycles. The Bertz CT molecular complexity index is 1220. The first-order valence-corrected chi connectivity index (χ1v) is 10.6. The zero-order chi connectivity index (χ0) is 21.8. The van der Waals surface area contributed by atoms with Crippen LogP contribution in [-0.2, 0) is 17.4 Å². The molecule has 2 heterocycles. The van der Waals surface area contributed by atoms with E-state index in [9.17, 15) is 0 Å². The minimum absolute atomic E-state index is 0.0739. The molecule has 0 unspecified atom stereocenters. The Morgan fingerprint density at radius 1 is 0.933 bits per heavy atom. The van der Waals surface area contributed by atoms with Crippen LogP contribution < -0.4 is 4.90 Å². The van der Waals surface area contributed by atoms with Gasteiger partial charge in [-0.2, -0.15) is 10.2 Å². The summed E-state index contributed by atoms with van der Waals surface area (Å²) in [6, 6.07) is 8.86. The van der Waals surface area contributed by atoms with Gasteiger partial charge in [0.15, 0.2) is 0 Å². The smallest absolute Gasteiger partial charge is 0.0703 e. The molecule has 0 atom stereocenters. The van der Waals surface area contributed by atoms with Crippen molar-refractivity contribution in [3.63, 3.8) is 0 Å². The first-order chi connectivity index (χ1) is 14.0. The van der Waals surface area contributed by atoms with E-state index in [1.54, 1.807) is 0 Å². The fourth-order valence-corrected chi connectivity index (χ4v) is 4.70. The minimum Gasteiger partial charge on any atom is -0.377 e. The molecule has 4 rings (SSSR count). The topological polar surface area (TPSA) is 49.7 Å². The van der Waals surface area contributed by atoms with Crippen LogP contribution >= 0.6 is 0 Å². The highest BCUT2D eigenvalue weighted by Gasteiger charge is 2.27. The van der Waals surface area contributed by atoms with Crippen molar-refractivity contribution < 1.29 is 0 Å². The number of aryl methyl sites for hydroxylation is 1. The van der Waals surface area contributed by atoms with Crippen LogP contribution in [0.4, 0.5) is 5.69 Å². The molecule has 0 saturated heterocycles. The van der Waals surface area contributed by atoms with Gasteiger partial charge in [-0.15, -0.1) is 0 Å². The highest BCUT2D eigenvalue weighted by atomic mass is 15.3. The monoisotopic (exact) mass is 403 g/mol. The summed E-state index contributed by atoms with van der Waals surface area (Å²) in [5.41, 5.74) is 7.50. The van der Waals surface area contributed by atoms with Crippen molar-refractivity contribution >= 4 is 27.5 Å². The van der Waals surface area contributed by atoms with Crippen LogP contribution in [0.5, 0.6) is 0 Å². The van der Waals surface area contributed by atoms with E-state index >= 15 is 0 Å². The molecule has 0 aliphatic carbocycles. The second kappa shape index (κ2) is 6.86. The summed E-state index contributed by atoms with van der Waals surface area (Å²) in [6.07, 6.45) is 3.95. The van der Waals surface area contributed by atoms with E-state index in [0.717, 1.165) is 12.1 Å². The van der Waals surface area contributed by atoms with E-state index in [1.807, 2.05) is 12.4 Å². The number of nitrogens with one attached hydrogen (secondary N) is 1. The van der Waals surface area contributed by atoms with Gasteiger partial charge in [-0.1, -0.05) is 46.8 Å². The zero-order valence-electron chi connectivity index (χ0n) is 19.5. The van der Waals surface area contributed by atoms with Crippen molar-refractivity contribution in [3.8, 4) is 0 Å². The van der Waals surface area contributed by atoms with Crippen LogP contribution in [0.3, 0.4) is 0 Å². The third-order valence-corrected chi connectivity index (χ3v) is 6.22. The summed E-state index contributed by atoms with van der Waals surface area (Å²) in [5, 5.41) is 14.5. The largest absolute Gasteiger partial charge is 0.377 e. The number of rotatable bonds is 4. The quantitative estimate of drug-likeness (QED) is 0.485. The molecule has 0 spiro atoms. The molecule has 158 valence electrons. The summed E-state index contributed by atoms with van der Waals surface area (Å²) in [5.74, 6) is 0. The maximum Gasteiger partial charge on any atom is 0.0703 e. The normalized spacial score (nSPS) is 12.8. The van der Waals surface area contributed by atoms with Crippen molar-refractivity contribution in [2.45, 2.75) is 58.9 Å². The Balaban J connectivity index is 1.80. The van der Waals surface area contributed by atoms with E-state index in [-0.39, 0.29) is 10.8 Å². The Morgan fingerprint density at radius 3 is 2.30 bits per heavy atom. The van der Waals surface area contributed by atoms with Crippen LogP contribution in [0.1, 0.15) is 51.3 Å². The lowest BCUT2D eigenvalue weighted by Gasteiger charge is -2.29. The molecule has 0 radical (unpaired) electrons. The van der Waals surface area contributed by atoms with Gasteiger partial charge in [0.05, 0.1) is 35.7 Å². The van der Waals surface area contributed by atoms with Crippen LogP contribution in [0.25, 0.3) is 21.8 Å². The molecular formula is C25H33N5. The Hall–Kier alpha value is -2.82. The number of hydrogen-bond donors (Lipinski definition) is 1. The predicted octanol–water partition coefficient (Wildman–Crippen LogP) is 5.56. The lowest BCUT2D eigenvalue weighted by molar-refractivity contribution is 0.415. The number of benzene rings is 2. The van der Waals surface area contributed by atoms with Crippen LogP contribution in [-0.4, -0.2) is 34.1 Å². The van der Waals surface area contributed by atoms with Gasteiger partial charge >= 0.3 is 0 Å². The Kier molecular flexibility index (Phi) is 4.68. The van der Waals surface area contributed by atoms with Gasteiger partial charge in [0, 0.05) is 30.3 Å². The molecule has 4 aromatic rings. The van der Waals surface area contributed by atoms with Crippen molar-refractivity contribution in [3.05, 3.63) is 53.3 Å². The highest BCUT2D eigenvalue weighted by Crippen LogP contribution is 2.38. The van der Waals surface area contributed by atoms with Gasteiger partial charge in [0.2, 0.25) is 0 Å². The van der Waals surface area contributed by atoms with Crippen LogP contribution in [0.2, 0.25) is 0 Å². The zero-order valence-corrected chi connectivity index (χ0v) is 19.5. The fourth-order valence-electron chi connectivity index (χ4n) is 4.70. The second-order valence-corrected chi connectivity index (χ2v) is 10.3. The summed E-state index contributed by atoms with van der Waals surface area (Å²) in [4.78, 5) is 2.22. The lowest BCUT2D eigenvalue weighted by atomic mass is 9.81. The van der Waals surface area contributed by atoms with Crippen molar-refractivity contribution in [2.75, 3.05) is 19.0 Å². The van der Waals surface area contributed by atoms with Crippen LogP contribution in [0, 0.1) is 6.92 Å². The standard InChI is InChI=1S/C25H33N5/c1-16-17-13-26-28-21(17)11-9-19(16)25(5,6)15-30-22-12-10-20(24(2,3)4)23(29(7)8)18(22)14-27-30/h9-14H,15H2,1-8H3,(H,26,28). The molecule has 0 bridgehead atoms. The van der Waals surface area contributed by atoms with Crippen molar-refractivity contribution in [2.24, 2.45) is 0 Å². The van der Waals surface area contributed by atoms with Gasteiger partial charge in [-0.25, -0.2) is 0 Å². The summed E-state index contributed by atoms with van der Waals surface area (Å²) in [7, 11) is 4.24. The molecule has 30 heavy (non-hydrogen) atoms. The predicted molar refractivity (Wildman–Crippen MR) is 127 cm³/mol. The first kappa shape index (κ1) is 20.5. The van der Waals surface area contributed by atoms with E-state index < -0.39 is 0 Å². The van der Waals surface area contributed by atoms with Crippen LogP contribution in [0.15, 0.2) is 36.7 Å². The summed E-state index contributed by atoms with van der Waals surface area (Å²) in [6.45, 7) is 14.4. The van der Waals surface area contributed by atoms with Gasteiger partial charge in [0.1, 0.15) is 0 Å². The van der Waals surface area contributed by atoms with E-state index in [1.165, 1.54) is 38.7 Å². The third kappa shape index (κ3) is 3.26. The molecular weight excluding hydrogens is 370 g/mol. The van der Waals surface area contributed by atoms with Gasteiger partial charge in [0.25, 0.3) is 0 Å². The van der Waals surface area contributed by atoms with Gasteiger partial charge in [-0.05, 0) is 41.2 Å². The molecule has 5 heteroatoms. The molecule has 0 amide bonds. The highest BCUT2D eigenvalue weighted by molar-refractivity contribution is 5.94. The van der Waals surface area contributed by atoms with E-state index in [4.69, 9.17) is 5.10 Å². The van der Waals surface area contributed by atoms with E-state index in [0.29, 0.717) is 0 Å². The number of H-pyrrole nitrogens is 1. The number of aromatic nitrogens is 4. The molecule has 0 aliphatic heterocycles. The van der Waals surface area contributed by atoms with Gasteiger partial charge in [-0.3, -0.25) is 9.78 Å². The second-order valence-electron chi connectivity index (χ2n) is 10.3. The van der Waals surface area contributed by atoms with Crippen molar-refractivity contribution in [1.82, 2.24) is 20.0 Å². The minimum atomic E-state index is -0.0739. The van der Waals surface area contributed by atoms with Crippen molar-refractivity contribution in [1.29, 1.82) is 0 Å². The molecule has 0 aliphatic rings. The number of aromatic amines is 1. The SMILES string of the molecule is Cc1c(C(C)(C)Cn2ncc3c(N(C)C)c(C(C)(C)C)ccc32)ccc2[nH]ncc12. The number of fused-ring (bicyclic) bond motifs is 2. The first-order valence-electron chi connectivity index (χ1n) is 10.6. The van der Waals surface area contributed by atoms with E-state index in [2.05, 4.69) is 99.7 Å². The molecule has 2 aromatic heterocycles. The average Bonchev–Trinajstić information content (AvgIpc) is 3.27. The number of hydrogen-bond acceptors (Lipinski definition) is 3. The lowest BCUT2D eigenvalue weighted by Crippen LogP contribution is -2.26. The summed E-state index contributed by atoms with van der Waals surface area (Å²) < 4.78 is 2.16. The average molecular weight is 404 g/mol. The fraction of sp³-hybridized carbons (Fsp3) is 0.440. The maximum atomic E-state index is 4.83. The number of nitrogens with zero attached hydrogens (tertiary/aromatic N) is 4. The maximum absolute atomic E-state index is 4.83. The molecule has 5 nitrogen and oxygen atoms in total. The third-order valence-electron chi connectivity index (χ3n) is 6.22. The Labute approximate surface area is 179 Å². The molecule has 2 aromatic carbocycles. The number of anilines is 1. The van der Waals surface area contributed by atoms with Gasteiger partial charge < -0.3 is 4.90 Å².